The minimum atomic E-state index is -1.83. The van der Waals surface area contributed by atoms with Crippen molar-refractivity contribution in [2.75, 3.05) is 34.3 Å². The summed E-state index contributed by atoms with van der Waals surface area (Å²) in [5.41, 5.74) is -4.50. The SMILES string of the molecule is CCC1OC(=O)C(C)C(OC2CC(C)(OC)C(O)C(C)O2)C(C)C(OC2OC(C)CC(N(C)CCCCC(=O)O)C2O)C(C)(O)CC(C)CN(C)C(C)C(O)C1(C)O. The number of hydrogen-bond acceptors (Lipinski definition) is 15. The molecule has 18 atom stereocenters. The van der Waals surface area contributed by atoms with Crippen LogP contribution in [0.15, 0.2) is 0 Å². The molecule has 3 aliphatic heterocycles. The van der Waals surface area contributed by atoms with Crippen LogP contribution < -0.4 is 0 Å². The van der Waals surface area contributed by atoms with Crippen molar-refractivity contribution >= 4 is 11.9 Å². The van der Waals surface area contributed by atoms with Crippen LogP contribution in [0.3, 0.4) is 0 Å². The molecule has 16 nitrogen and oxygen atoms in total. The van der Waals surface area contributed by atoms with Gasteiger partial charge in [0.1, 0.15) is 30.0 Å². The summed E-state index contributed by atoms with van der Waals surface area (Å²) in [4.78, 5) is 29.3. The first-order valence-electron chi connectivity index (χ1n) is 21.3. The van der Waals surface area contributed by atoms with Crippen molar-refractivity contribution in [1.82, 2.24) is 9.80 Å². The van der Waals surface area contributed by atoms with Gasteiger partial charge in [0, 0.05) is 44.5 Å². The molecule has 58 heavy (non-hydrogen) atoms. The van der Waals surface area contributed by atoms with Crippen LogP contribution in [0.4, 0.5) is 0 Å². The van der Waals surface area contributed by atoms with E-state index in [0.717, 1.165) is 0 Å². The van der Waals surface area contributed by atoms with E-state index in [-0.39, 0.29) is 37.7 Å². The van der Waals surface area contributed by atoms with Crippen molar-refractivity contribution < 1.29 is 68.6 Å². The second-order valence-corrected chi connectivity index (χ2v) is 18.5. The molecule has 3 heterocycles. The van der Waals surface area contributed by atoms with E-state index in [4.69, 9.17) is 33.5 Å². The second-order valence-electron chi connectivity index (χ2n) is 18.5. The van der Waals surface area contributed by atoms with Crippen LogP contribution in [-0.2, 0) is 38.0 Å². The second kappa shape index (κ2) is 21.0. The van der Waals surface area contributed by atoms with Crippen molar-refractivity contribution in [3.05, 3.63) is 0 Å². The molecular weight excluding hydrogens is 756 g/mol. The molecular formula is C42H78N2O14. The summed E-state index contributed by atoms with van der Waals surface area (Å²) in [6.45, 7) is 18.4. The van der Waals surface area contributed by atoms with Gasteiger partial charge in [0.15, 0.2) is 12.6 Å². The lowest BCUT2D eigenvalue weighted by atomic mass is 9.77. The van der Waals surface area contributed by atoms with Crippen molar-refractivity contribution in [3.8, 4) is 0 Å². The number of unbranched alkanes of at least 4 members (excludes halogenated alkanes) is 1. The summed E-state index contributed by atoms with van der Waals surface area (Å²) < 4.78 is 37.8. The first kappa shape index (κ1) is 50.8. The molecule has 0 radical (unpaired) electrons. The lowest BCUT2D eigenvalue weighted by Crippen LogP contribution is -2.60. The van der Waals surface area contributed by atoms with Crippen LogP contribution in [-0.4, -0.2) is 177 Å². The Morgan fingerprint density at radius 1 is 0.966 bits per heavy atom. The number of carbonyl (C=O) groups is 2. The van der Waals surface area contributed by atoms with Crippen molar-refractivity contribution in [1.29, 1.82) is 0 Å². The van der Waals surface area contributed by atoms with Gasteiger partial charge in [-0.05, 0) is 107 Å². The zero-order chi connectivity index (χ0) is 44.1. The maximum absolute atomic E-state index is 14.3. The van der Waals surface area contributed by atoms with E-state index < -0.39 is 108 Å². The number of ether oxygens (including phenoxy) is 6. The standard InChI is InChI=1S/C42H78N2O14/c1-14-30-42(10,52)35(48)27(6)44(12)22-23(2)20-40(8,51)37(58-39-33(47)29(19-24(3)54-39)43(11)18-16-15-17-31(45)46)25(4)34(26(5)38(50)56-30)57-32-21-41(9,53-13)36(49)28(7)55-32/h23-30,32-37,39,47-49,51-52H,14-22H2,1-13H3,(H,45,46). The smallest absolute Gasteiger partial charge is 0.311 e. The first-order valence-corrected chi connectivity index (χ1v) is 21.3. The van der Waals surface area contributed by atoms with Crippen molar-refractivity contribution in [2.24, 2.45) is 17.8 Å². The highest BCUT2D eigenvalue weighted by molar-refractivity contribution is 5.73. The average Bonchev–Trinajstić information content (AvgIpc) is 3.14. The van der Waals surface area contributed by atoms with Crippen molar-refractivity contribution in [2.45, 2.75) is 204 Å². The minimum absolute atomic E-state index is 0.0540. The summed E-state index contributed by atoms with van der Waals surface area (Å²) in [7, 11) is 5.19. The van der Waals surface area contributed by atoms with Gasteiger partial charge in [-0.25, -0.2) is 0 Å². The minimum Gasteiger partial charge on any atom is -0.481 e. The normalized spacial score (nSPS) is 45.6. The maximum atomic E-state index is 14.3. The summed E-state index contributed by atoms with van der Waals surface area (Å²) in [6.07, 6.45) is -7.82. The Bertz CT molecular complexity index is 1310. The van der Waals surface area contributed by atoms with Crippen LogP contribution in [0.2, 0.25) is 0 Å². The number of aliphatic hydroxyl groups is 5. The van der Waals surface area contributed by atoms with Gasteiger partial charge in [-0.3, -0.25) is 9.59 Å². The Hall–Kier alpha value is -1.54. The van der Waals surface area contributed by atoms with E-state index in [1.165, 1.54) is 14.0 Å². The Kier molecular flexibility index (Phi) is 18.4. The molecule has 3 aliphatic rings. The van der Waals surface area contributed by atoms with Gasteiger partial charge < -0.3 is 68.9 Å². The largest absolute Gasteiger partial charge is 0.481 e. The molecule has 16 heteroatoms. The molecule has 3 rings (SSSR count). The molecule has 0 aromatic heterocycles. The molecule has 0 aliphatic carbocycles. The highest BCUT2D eigenvalue weighted by Gasteiger charge is 2.52. The van der Waals surface area contributed by atoms with E-state index in [0.29, 0.717) is 32.4 Å². The van der Waals surface area contributed by atoms with Crippen LogP contribution >= 0.6 is 0 Å². The highest BCUT2D eigenvalue weighted by Crippen LogP contribution is 2.40. The number of likely N-dealkylation sites (N-methyl/N-ethyl adjacent to an activating group) is 2. The molecule has 0 bridgehead atoms. The zero-order valence-corrected chi connectivity index (χ0v) is 37.4. The fraction of sp³-hybridized carbons (Fsp3) is 0.952. The predicted octanol–water partition coefficient (Wildman–Crippen LogP) is 2.53. The fourth-order valence-corrected chi connectivity index (χ4v) is 9.46. The molecule has 0 saturated carbocycles. The number of cyclic esters (lactones) is 1. The number of hydrogen-bond donors (Lipinski definition) is 6. The number of carboxylic acids is 1. The number of carbonyl (C=O) groups excluding carboxylic acids is 1. The molecule has 0 spiro atoms. The number of rotatable bonds is 12. The maximum Gasteiger partial charge on any atom is 0.311 e. The zero-order valence-electron chi connectivity index (χ0n) is 37.4. The van der Waals surface area contributed by atoms with Gasteiger partial charge in [0.05, 0.1) is 41.5 Å². The number of aliphatic hydroxyl groups excluding tert-OH is 3. The van der Waals surface area contributed by atoms with Gasteiger partial charge >= 0.3 is 11.9 Å². The first-order chi connectivity index (χ1) is 26.8. The average molecular weight is 835 g/mol. The molecule has 340 valence electrons. The molecule has 6 N–H and O–H groups in total. The van der Waals surface area contributed by atoms with E-state index in [1.807, 2.05) is 37.7 Å². The van der Waals surface area contributed by atoms with Gasteiger partial charge in [-0.15, -0.1) is 0 Å². The number of nitrogens with zero attached hydrogens (tertiary/aromatic N) is 2. The Labute approximate surface area is 346 Å². The lowest BCUT2D eigenvalue weighted by molar-refractivity contribution is -0.318. The van der Waals surface area contributed by atoms with Gasteiger partial charge in [-0.1, -0.05) is 20.8 Å². The summed E-state index contributed by atoms with van der Waals surface area (Å²) in [5, 5.41) is 67.9. The quantitative estimate of drug-likeness (QED) is 0.123. The van der Waals surface area contributed by atoms with Gasteiger partial charge in [0.25, 0.3) is 0 Å². The van der Waals surface area contributed by atoms with Gasteiger partial charge in [-0.2, -0.15) is 0 Å². The monoisotopic (exact) mass is 835 g/mol. The van der Waals surface area contributed by atoms with Crippen LogP contribution in [0, 0.1) is 17.8 Å². The highest BCUT2D eigenvalue weighted by atomic mass is 16.7. The molecule has 0 aromatic carbocycles. The summed E-state index contributed by atoms with van der Waals surface area (Å²) in [5.74, 6) is -3.63. The van der Waals surface area contributed by atoms with Crippen LogP contribution in [0.5, 0.6) is 0 Å². The van der Waals surface area contributed by atoms with E-state index >= 15 is 0 Å². The Morgan fingerprint density at radius 2 is 1.60 bits per heavy atom. The van der Waals surface area contributed by atoms with Gasteiger partial charge in [0.2, 0.25) is 0 Å². The third-order valence-electron chi connectivity index (χ3n) is 13.3. The number of aliphatic carboxylic acids is 1. The molecule has 3 saturated heterocycles. The van der Waals surface area contributed by atoms with E-state index in [2.05, 4.69) is 0 Å². The van der Waals surface area contributed by atoms with Crippen LogP contribution in [0.1, 0.15) is 114 Å². The predicted molar refractivity (Wildman–Crippen MR) is 215 cm³/mol. The molecule has 3 fully saturated rings. The molecule has 0 amide bonds. The number of methoxy groups -OCH3 is 1. The number of esters is 1. The fourth-order valence-electron chi connectivity index (χ4n) is 9.46. The topological polar surface area (TPSA) is 217 Å². The van der Waals surface area contributed by atoms with Crippen molar-refractivity contribution in [3.63, 3.8) is 0 Å². The molecule has 0 aromatic rings. The third kappa shape index (κ3) is 12.3. The summed E-state index contributed by atoms with van der Waals surface area (Å²) in [6, 6.07) is -0.975. The molecule has 18 unspecified atom stereocenters. The Morgan fingerprint density at radius 3 is 2.19 bits per heavy atom. The Balaban J connectivity index is 2.13. The lowest BCUT2D eigenvalue weighted by Gasteiger charge is -2.49. The third-order valence-corrected chi connectivity index (χ3v) is 13.3. The summed E-state index contributed by atoms with van der Waals surface area (Å²) >= 11 is 0. The number of carboxylic acid groups (broad SMARTS) is 1. The van der Waals surface area contributed by atoms with E-state index in [9.17, 15) is 35.1 Å². The van der Waals surface area contributed by atoms with Crippen LogP contribution in [0.25, 0.3) is 0 Å². The van der Waals surface area contributed by atoms with E-state index in [1.54, 1.807) is 48.5 Å².